The first kappa shape index (κ1) is 16.7. The zero-order chi connectivity index (χ0) is 18.1. The topological polar surface area (TPSA) is 69.0 Å². The number of amides is 1. The number of rotatable bonds is 3. The third-order valence-electron chi connectivity index (χ3n) is 4.94. The number of fused-ring (bicyclic) bond motifs is 1. The molecule has 26 heavy (non-hydrogen) atoms. The maximum atomic E-state index is 13.1. The molecular formula is C20H19N3O2S. The summed E-state index contributed by atoms with van der Waals surface area (Å²) in [6.45, 7) is 0.764. The second kappa shape index (κ2) is 6.88. The van der Waals surface area contributed by atoms with Gasteiger partial charge in [0.25, 0.3) is 11.5 Å². The van der Waals surface area contributed by atoms with E-state index in [1.54, 1.807) is 18.2 Å². The maximum absolute atomic E-state index is 13.1. The van der Waals surface area contributed by atoms with Crippen molar-refractivity contribution in [3.8, 4) is 0 Å². The number of nitrogens with zero attached hydrogens (tertiary/aromatic N) is 1. The first-order chi connectivity index (χ1) is 12.6. The molecule has 1 amide bonds. The summed E-state index contributed by atoms with van der Waals surface area (Å²) in [7, 11) is 0. The first-order valence-corrected chi connectivity index (χ1v) is 9.14. The van der Waals surface area contributed by atoms with Crippen molar-refractivity contribution < 1.29 is 4.79 Å². The Morgan fingerprint density at radius 2 is 1.96 bits per heavy atom. The van der Waals surface area contributed by atoms with Gasteiger partial charge in [-0.2, -0.15) is 0 Å². The SMILES string of the molecule is O=C(c1ccc2c(=O)[nH]c(=S)[nH]c2c1)N1CCC[C@@H]1Cc1ccccc1. The highest BCUT2D eigenvalue weighted by atomic mass is 32.1. The van der Waals surface area contributed by atoms with Crippen LogP contribution in [0, 0.1) is 4.77 Å². The van der Waals surface area contributed by atoms with Crippen molar-refractivity contribution in [1.29, 1.82) is 0 Å². The Kier molecular flexibility index (Phi) is 4.42. The average Bonchev–Trinajstić information content (AvgIpc) is 3.09. The van der Waals surface area contributed by atoms with E-state index in [4.69, 9.17) is 12.2 Å². The van der Waals surface area contributed by atoms with Gasteiger partial charge in [-0.1, -0.05) is 30.3 Å². The largest absolute Gasteiger partial charge is 0.335 e. The van der Waals surface area contributed by atoms with Gasteiger partial charge in [0.15, 0.2) is 4.77 Å². The first-order valence-electron chi connectivity index (χ1n) is 8.73. The molecular weight excluding hydrogens is 346 g/mol. The lowest BCUT2D eigenvalue weighted by molar-refractivity contribution is 0.0736. The number of carbonyl (C=O) groups excluding carboxylic acids is 1. The lowest BCUT2D eigenvalue weighted by atomic mass is 10.0. The van der Waals surface area contributed by atoms with E-state index >= 15 is 0 Å². The van der Waals surface area contributed by atoms with E-state index in [-0.39, 0.29) is 22.3 Å². The highest BCUT2D eigenvalue weighted by Gasteiger charge is 2.29. The van der Waals surface area contributed by atoms with Crippen LogP contribution in [0.2, 0.25) is 0 Å². The summed E-state index contributed by atoms with van der Waals surface area (Å²) in [4.78, 5) is 32.5. The van der Waals surface area contributed by atoms with E-state index in [9.17, 15) is 9.59 Å². The Morgan fingerprint density at radius 3 is 2.77 bits per heavy atom. The van der Waals surface area contributed by atoms with Crippen LogP contribution < -0.4 is 5.56 Å². The van der Waals surface area contributed by atoms with E-state index in [0.717, 1.165) is 25.8 Å². The Hall–Kier alpha value is -2.73. The molecule has 132 valence electrons. The molecule has 6 heteroatoms. The Balaban J connectivity index is 1.63. The summed E-state index contributed by atoms with van der Waals surface area (Å²) in [6, 6.07) is 15.6. The molecule has 1 fully saturated rings. The van der Waals surface area contributed by atoms with Gasteiger partial charge in [-0.3, -0.25) is 14.6 Å². The highest BCUT2D eigenvalue weighted by molar-refractivity contribution is 7.71. The third-order valence-corrected chi connectivity index (χ3v) is 5.14. The molecule has 0 radical (unpaired) electrons. The lowest BCUT2D eigenvalue weighted by Gasteiger charge is -2.25. The molecule has 2 heterocycles. The lowest BCUT2D eigenvalue weighted by Crippen LogP contribution is -2.36. The third kappa shape index (κ3) is 3.20. The second-order valence-electron chi connectivity index (χ2n) is 6.65. The van der Waals surface area contributed by atoms with Gasteiger partial charge in [0, 0.05) is 18.2 Å². The van der Waals surface area contributed by atoms with Crippen LogP contribution >= 0.6 is 12.2 Å². The van der Waals surface area contributed by atoms with Crippen LogP contribution in [-0.4, -0.2) is 33.4 Å². The van der Waals surface area contributed by atoms with Crippen LogP contribution in [0.4, 0.5) is 0 Å². The predicted octanol–water partition coefficient (Wildman–Crippen LogP) is 3.43. The summed E-state index contributed by atoms with van der Waals surface area (Å²) in [5.41, 5.74) is 2.16. The van der Waals surface area contributed by atoms with E-state index in [0.29, 0.717) is 16.5 Å². The molecule has 0 bridgehead atoms. The predicted molar refractivity (Wildman–Crippen MR) is 104 cm³/mol. The molecule has 0 saturated carbocycles. The van der Waals surface area contributed by atoms with Gasteiger partial charge in [0.1, 0.15) is 0 Å². The van der Waals surface area contributed by atoms with Crippen LogP contribution in [0.3, 0.4) is 0 Å². The van der Waals surface area contributed by atoms with Crippen LogP contribution in [0.15, 0.2) is 53.3 Å². The van der Waals surface area contributed by atoms with E-state index in [1.165, 1.54) is 5.56 Å². The number of aromatic nitrogens is 2. The van der Waals surface area contributed by atoms with E-state index in [2.05, 4.69) is 22.1 Å². The number of H-pyrrole nitrogens is 2. The van der Waals surface area contributed by atoms with Gasteiger partial charge in [-0.25, -0.2) is 0 Å². The van der Waals surface area contributed by atoms with Crippen molar-refractivity contribution in [2.45, 2.75) is 25.3 Å². The zero-order valence-corrected chi connectivity index (χ0v) is 15.0. The molecule has 1 saturated heterocycles. The average molecular weight is 365 g/mol. The van der Waals surface area contributed by atoms with Crippen molar-refractivity contribution in [2.75, 3.05) is 6.54 Å². The Bertz CT molecular complexity index is 1070. The van der Waals surface area contributed by atoms with Crippen molar-refractivity contribution in [3.63, 3.8) is 0 Å². The molecule has 5 nitrogen and oxygen atoms in total. The molecule has 1 aliphatic heterocycles. The summed E-state index contributed by atoms with van der Waals surface area (Å²) in [6.07, 6.45) is 2.89. The number of hydrogen-bond donors (Lipinski definition) is 2. The molecule has 0 unspecified atom stereocenters. The minimum atomic E-state index is -0.245. The van der Waals surface area contributed by atoms with Gasteiger partial charge < -0.3 is 9.88 Å². The molecule has 1 aromatic heterocycles. The van der Waals surface area contributed by atoms with Crippen LogP contribution in [0.25, 0.3) is 10.9 Å². The zero-order valence-electron chi connectivity index (χ0n) is 14.2. The van der Waals surface area contributed by atoms with Crippen molar-refractivity contribution >= 4 is 29.0 Å². The number of nitrogens with one attached hydrogen (secondary N) is 2. The number of carbonyl (C=O) groups is 1. The minimum Gasteiger partial charge on any atom is -0.335 e. The minimum absolute atomic E-state index is 0.00457. The number of benzene rings is 2. The summed E-state index contributed by atoms with van der Waals surface area (Å²) >= 11 is 5.03. The summed E-state index contributed by atoms with van der Waals surface area (Å²) in [5.74, 6) is 0.00457. The molecule has 0 spiro atoms. The second-order valence-corrected chi connectivity index (χ2v) is 7.06. The smallest absolute Gasteiger partial charge is 0.259 e. The van der Waals surface area contributed by atoms with E-state index in [1.807, 2.05) is 23.1 Å². The number of hydrogen-bond acceptors (Lipinski definition) is 3. The number of aromatic amines is 2. The quantitative estimate of drug-likeness (QED) is 0.699. The van der Waals surface area contributed by atoms with Crippen LogP contribution in [0.5, 0.6) is 0 Å². The molecule has 0 aliphatic carbocycles. The highest BCUT2D eigenvalue weighted by Crippen LogP contribution is 2.24. The maximum Gasteiger partial charge on any atom is 0.259 e. The fraction of sp³-hybridized carbons (Fsp3) is 0.250. The molecule has 4 rings (SSSR count). The van der Waals surface area contributed by atoms with Gasteiger partial charge in [0.2, 0.25) is 0 Å². The molecule has 2 aromatic carbocycles. The molecule has 2 N–H and O–H groups in total. The molecule has 3 aromatic rings. The summed E-state index contributed by atoms with van der Waals surface area (Å²) < 4.78 is 0.259. The monoisotopic (exact) mass is 365 g/mol. The fourth-order valence-corrected chi connectivity index (χ4v) is 3.87. The van der Waals surface area contributed by atoms with Crippen LogP contribution in [-0.2, 0) is 6.42 Å². The Labute approximate surface area is 155 Å². The standard InChI is InChI=1S/C20H19N3O2S/c24-18-16-9-8-14(12-17(16)21-20(26)22-18)19(25)23-10-4-7-15(23)11-13-5-2-1-3-6-13/h1-3,5-6,8-9,12,15H,4,7,10-11H2,(H2,21,22,24,26)/t15-/m1/s1. The van der Waals surface area contributed by atoms with E-state index < -0.39 is 0 Å². The van der Waals surface area contributed by atoms with Crippen molar-refractivity contribution in [3.05, 3.63) is 74.8 Å². The fourth-order valence-electron chi connectivity index (χ4n) is 3.67. The van der Waals surface area contributed by atoms with Gasteiger partial charge in [-0.05, 0) is 55.2 Å². The van der Waals surface area contributed by atoms with Crippen LogP contribution in [0.1, 0.15) is 28.8 Å². The van der Waals surface area contributed by atoms with Gasteiger partial charge in [-0.15, -0.1) is 0 Å². The molecule has 1 aliphatic rings. The van der Waals surface area contributed by atoms with Gasteiger partial charge >= 0.3 is 0 Å². The van der Waals surface area contributed by atoms with Crippen molar-refractivity contribution in [1.82, 2.24) is 14.9 Å². The Morgan fingerprint density at radius 1 is 1.15 bits per heavy atom. The summed E-state index contributed by atoms with van der Waals surface area (Å²) in [5, 5.41) is 0.498. The normalized spacial score (nSPS) is 16.9. The van der Waals surface area contributed by atoms with Crippen molar-refractivity contribution in [2.24, 2.45) is 0 Å². The number of likely N-dealkylation sites (tertiary alicyclic amines) is 1. The van der Waals surface area contributed by atoms with Gasteiger partial charge in [0.05, 0.1) is 10.9 Å². The molecule has 1 atom stereocenters.